The SMILES string of the molecule is CCCCCCCCCCCc1ccc(-c2ncc(C(=O)Cl)cn2)cc1. The summed E-state index contributed by atoms with van der Waals surface area (Å²) in [7, 11) is 0. The number of carbonyl (C=O) groups is 1. The van der Waals surface area contributed by atoms with Gasteiger partial charge in [0.1, 0.15) is 0 Å². The molecule has 0 saturated heterocycles. The first-order valence-corrected chi connectivity index (χ1v) is 10.2. The zero-order chi connectivity index (χ0) is 18.6. The minimum Gasteiger partial charge on any atom is -0.275 e. The topological polar surface area (TPSA) is 42.9 Å². The molecule has 0 fully saturated rings. The zero-order valence-corrected chi connectivity index (χ0v) is 16.5. The number of hydrogen-bond donors (Lipinski definition) is 0. The van der Waals surface area contributed by atoms with Crippen LogP contribution in [0.5, 0.6) is 0 Å². The van der Waals surface area contributed by atoms with E-state index in [9.17, 15) is 4.79 Å². The maximum atomic E-state index is 11.0. The highest BCUT2D eigenvalue weighted by Gasteiger charge is 2.05. The molecule has 2 aromatic rings. The fraction of sp³-hybridized carbons (Fsp3) is 0.500. The fourth-order valence-electron chi connectivity index (χ4n) is 3.04. The van der Waals surface area contributed by atoms with Crippen LogP contribution in [0.15, 0.2) is 36.7 Å². The predicted octanol–water partition coefficient (Wildman–Crippen LogP) is 6.60. The van der Waals surface area contributed by atoms with E-state index in [4.69, 9.17) is 11.6 Å². The number of aryl methyl sites for hydroxylation is 1. The molecule has 0 aliphatic rings. The Morgan fingerprint density at radius 3 is 1.92 bits per heavy atom. The Hall–Kier alpha value is -1.74. The lowest BCUT2D eigenvalue weighted by molar-refractivity contribution is 0.108. The van der Waals surface area contributed by atoms with Crippen molar-refractivity contribution in [2.24, 2.45) is 0 Å². The van der Waals surface area contributed by atoms with Crippen molar-refractivity contribution in [3.63, 3.8) is 0 Å². The van der Waals surface area contributed by atoms with E-state index in [1.54, 1.807) is 0 Å². The molecule has 3 nitrogen and oxygen atoms in total. The van der Waals surface area contributed by atoms with Crippen molar-refractivity contribution in [1.29, 1.82) is 0 Å². The van der Waals surface area contributed by atoms with Gasteiger partial charge in [0.15, 0.2) is 5.82 Å². The molecule has 0 aliphatic carbocycles. The molecule has 1 aromatic carbocycles. The number of benzene rings is 1. The second-order valence-electron chi connectivity index (χ2n) is 6.84. The van der Waals surface area contributed by atoms with E-state index in [0.717, 1.165) is 12.0 Å². The standard InChI is InChI=1S/C22H29ClN2O/c1-2-3-4-5-6-7-8-9-10-11-18-12-14-19(15-13-18)22-24-16-20(17-25-22)21(23)26/h12-17H,2-11H2,1H3. The summed E-state index contributed by atoms with van der Waals surface area (Å²) in [5.74, 6) is 0.612. The van der Waals surface area contributed by atoms with Gasteiger partial charge in [0, 0.05) is 18.0 Å². The lowest BCUT2D eigenvalue weighted by Gasteiger charge is -2.05. The molecule has 140 valence electrons. The molecule has 26 heavy (non-hydrogen) atoms. The lowest BCUT2D eigenvalue weighted by Crippen LogP contribution is -1.95. The smallest absolute Gasteiger partial charge is 0.255 e. The van der Waals surface area contributed by atoms with Gasteiger partial charge in [0.2, 0.25) is 0 Å². The third-order valence-corrected chi connectivity index (χ3v) is 4.88. The van der Waals surface area contributed by atoms with Gasteiger partial charge in [0.05, 0.1) is 5.56 Å². The Kier molecular flexibility index (Phi) is 9.33. The monoisotopic (exact) mass is 372 g/mol. The number of rotatable bonds is 12. The average molecular weight is 373 g/mol. The zero-order valence-electron chi connectivity index (χ0n) is 15.7. The van der Waals surface area contributed by atoms with Gasteiger partial charge in [0.25, 0.3) is 5.24 Å². The van der Waals surface area contributed by atoms with Gasteiger partial charge in [-0.15, -0.1) is 0 Å². The molecular weight excluding hydrogens is 344 g/mol. The summed E-state index contributed by atoms with van der Waals surface area (Å²) < 4.78 is 0. The van der Waals surface area contributed by atoms with E-state index in [-0.39, 0.29) is 0 Å². The Bertz CT molecular complexity index is 653. The quantitative estimate of drug-likeness (QED) is 0.311. The predicted molar refractivity (Wildman–Crippen MR) is 109 cm³/mol. The van der Waals surface area contributed by atoms with Crippen molar-refractivity contribution < 1.29 is 4.79 Å². The van der Waals surface area contributed by atoms with Gasteiger partial charge >= 0.3 is 0 Å². The number of unbranched alkanes of at least 4 members (excludes halogenated alkanes) is 8. The Morgan fingerprint density at radius 2 is 1.38 bits per heavy atom. The molecule has 0 amide bonds. The largest absolute Gasteiger partial charge is 0.275 e. The lowest BCUT2D eigenvalue weighted by atomic mass is 10.0. The molecule has 0 atom stereocenters. The minimum absolute atomic E-state index is 0.317. The molecule has 0 bridgehead atoms. The highest BCUT2D eigenvalue weighted by molar-refractivity contribution is 6.67. The Morgan fingerprint density at radius 1 is 0.846 bits per heavy atom. The van der Waals surface area contributed by atoms with Gasteiger partial charge < -0.3 is 0 Å². The van der Waals surface area contributed by atoms with Crippen molar-refractivity contribution >= 4 is 16.8 Å². The van der Waals surface area contributed by atoms with Crippen LogP contribution in [0.2, 0.25) is 0 Å². The normalized spacial score (nSPS) is 10.8. The summed E-state index contributed by atoms with van der Waals surface area (Å²) in [5.41, 5.74) is 2.62. The third-order valence-electron chi connectivity index (χ3n) is 4.66. The van der Waals surface area contributed by atoms with E-state index in [0.29, 0.717) is 11.4 Å². The second-order valence-corrected chi connectivity index (χ2v) is 7.19. The van der Waals surface area contributed by atoms with Crippen molar-refractivity contribution in [3.8, 4) is 11.4 Å². The molecule has 0 unspecified atom stereocenters. The third kappa shape index (κ3) is 7.25. The van der Waals surface area contributed by atoms with Crippen LogP contribution in [0.4, 0.5) is 0 Å². The van der Waals surface area contributed by atoms with Crippen molar-refractivity contribution in [3.05, 3.63) is 47.8 Å². The van der Waals surface area contributed by atoms with Crippen LogP contribution in [-0.2, 0) is 6.42 Å². The summed E-state index contributed by atoms with van der Waals surface area (Å²) in [5, 5.41) is -0.534. The maximum Gasteiger partial charge on any atom is 0.255 e. The van der Waals surface area contributed by atoms with E-state index < -0.39 is 5.24 Å². The summed E-state index contributed by atoms with van der Waals surface area (Å²) >= 11 is 5.41. The molecule has 1 aromatic heterocycles. The highest BCUT2D eigenvalue weighted by atomic mass is 35.5. The number of nitrogens with zero attached hydrogens (tertiary/aromatic N) is 2. The molecule has 4 heteroatoms. The summed E-state index contributed by atoms with van der Waals surface area (Å²) in [6.45, 7) is 2.26. The molecule has 1 heterocycles. The minimum atomic E-state index is -0.534. The van der Waals surface area contributed by atoms with Crippen LogP contribution in [0, 0.1) is 0 Å². The molecule has 0 N–H and O–H groups in total. The number of halogens is 1. The molecule has 0 aliphatic heterocycles. The molecule has 0 spiro atoms. The van der Waals surface area contributed by atoms with Crippen LogP contribution < -0.4 is 0 Å². The number of aromatic nitrogens is 2. The summed E-state index contributed by atoms with van der Waals surface area (Å²) in [4.78, 5) is 19.5. The second kappa shape index (κ2) is 11.8. The van der Waals surface area contributed by atoms with Crippen LogP contribution >= 0.6 is 11.6 Å². The van der Waals surface area contributed by atoms with Crippen LogP contribution in [-0.4, -0.2) is 15.2 Å². The first-order valence-electron chi connectivity index (χ1n) is 9.82. The van der Waals surface area contributed by atoms with E-state index in [1.807, 2.05) is 12.1 Å². The van der Waals surface area contributed by atoms with Gasteiger partial charge in [-0.25, -0.2) is 9.97 Å². The number of hydrogen-bond acceptors (Lipinski definition) is 3. The molecular formula is C22H29ClN2O. The molecule has 0 radical (unpaired) electrons. The first kappa shape index (κ1) is 20.6. The highest BCUT2D eigenvalue weighted by Crippen LogP contribution is 2.17. The van der Waals surface area contributed by atoms with Gasteiger partial charge in [-0.2, -0.15) is 0 Å². The van der Waals surface area contributed by atoms with E-state index in [1.165, 1.54) is 75.7 Å². The average Bonchev–Trinajstić information content (AvgIpc) is 2.67. The van der Waals surface area contributed by atoms with Gasteiger partial charge in [-0.05, 0) is 30.0 Å². The van der Waals surface area contributed by atoms with Crippen LogP contribution in [0.3, 0.4) is 0 Å². The first-order chi connectivity index (χ1) is 12.7. The molecule has 0 saturated carbocycles. The van der Waals surface area contributed by atoms with Crippen LogP contribution in [0.25, 0.3) is 11.4 Å². The van der Waals surface area contributed by atoms with Crippen LogP contribution in [0.1, 0.15) is 80.6 Å². The maximum absolute atomic E-state index is 11.0. The van der Waals surface area contributed by atoms with Gasteiger partial charge in [-0.3, -0.25) is 4.79 Å². The van der Waals surface area contributed by atoms with Gasteiger partial charge in [-0.1, -0.05) is 82.6 Å². The number of carbonyl (C=O) groups excluding carboxylic acids is 1. The van der Waals surface area contributed by atoms with E-state index in [2.05, 4.69) is 29.0 Å². The fourth-order valence-corrected chi connectivity index (χ4v) is 3.14. The summed E-state index contributed by atoms with van der Waals surface area (Å²) in [6, 6.07) is 8.37. The Labute approximate surface area is 162 Å². The van der Waals surface area contributed by atoms with Crippen molar-refractivity contribution in [2.75, 3.05) is 0 Å². The van der Waals surface area contributed by atoms with E-state index >= 15 is 0 Å². The summed E-state index contributed by atoms with van der Waals surface area (Å²) in [6.07, 6.45) is 16.2. The van der Waals surface area contributed by atoms with Crippen molar-refractivity contribution in [2.45, 2.75) is 71.1 Å². The van der Waals surface area contributed by atoms with Crippen molar-refractivity contribution in [1.82, 2.24) is 9.97 Å². The molecule has 2 rings (SSSR count). The Balaban J connectivity index is 1.68.